The van der Waals surface area contributed by atoms with Crippen LogP contribution >= 0.6 is 0 Å². The molecule has 0 saturated heterocycles. The Morgan fingerprint density at radius 3 is 2.88 bits per heavy atom. The molecule has 3 heteroatoms. The monoisotopic (exact) mass is 229 g/mol. The number of nitrogens with zero attached hydrogens (tertiary/aromatic N) is 2. The Morgan fingerprint density at radius 1 is 1.35 bits per heavy atom. The highest BCUT2D eigenvalue weighted by atomic mass is 15.2. The van der Waals surface area contributed by atoms with Crippen molar-refractivity contribution in [1.82, 2.24) is 9.88 Å². The zero-order chi connectivity index (χ0) is 12.3. The van der Waals surface area contributed by atoms with Gasteiger partial charge in [0.1, 0.15) is 0 Å². The molecule has 1 atom stereocenters. The molecule has 2 N–H and O–H groups in total. The van der Waals surface area contributed by atoms with Crippen molar-refractivity contribution >= 4 is 0 Å². The van der Waals surface area contributed by atoms with Crippen LogP contribution in [-0.4, -0.2) is 23.5 Å². The van der Waals surface area contributed by atoms with Crippen molar-refractivity contribution in [2.45, 2.75) is 18.9 Å². The second-order valence-electron chi connectivity index (χ2n) is 4.51. The van der Waals surface area contributed by atoms with Gasteiger partial charge in [-0.2, -0.15) is 0 Å². The highest BCUT2D eigenvalue weighted by Crippen LogP contribution is 2.29. The van der Waals surface area contributed by atoms with Gasteiger partial charge in [0.15, 0.2) is 0 Å². The summed E-state index contributed by atoms with van der Waals surface area (Å²) in [5.41, 5.74) is 7.53. The number of aromatic nitrogens is 1. The van der Waals surface area contributed by atoms with Crippen molar-refractivity contribution in [1.29, 1.82) is 0 Å². The SMILES string of the molecule is CN1C=CC=CC1(C)c1cccc(CCN)n1. The van der Waals surface area contributed by atoms with Crippen molar-refractivity contribution in [3.05, 3.63) is 54.0 Å². The zero-order valence-electron chi connectivity index (χ0n) is 10.4. The van der Waals surface area contributed by atoms with E-state index in [2.05, 4.69) is 49.4 Å². The van der Waals surface area contributed by atoms with E-state index in [1.807, 2.05) is 12.1 Å². The molecule has 2 heterocycles. The molecule has 17 heavy (non-hydrogen) atoms. The van der Waals surface area contributed by atoms with E-state index in [-0.39, 0.29) is 5.54 Å². The van der Waals surface area contributed by atoms with Crippen LogP contribution in [0.4, 0.5) is 0 Å². The summed E-state index contributed by atoms with van der Waals surface area (Å²) in [6.07, 6.45) is 9.16. The Morgan fingerprint density at radius 2 is 2.18 bits per heavy atom. The van der Waals surface area contributed by atoms with E-state index in [1.54, 1.807) is 0 Å². The molecule has 3 nitrogen and oxygen atoms in total. The number of likely N-dealkylation sites (N-methyl/N-ethyl adjacent to an activating group) is 1. The van der Waals surface area contributed by atoms with E-state index >= 15 is 0 Å². The molecule has 1 aromatic heterocycles. The van der Waals surface area contributed by atoms with Gasteiger partial charge in [0.2, 0.25) is 0 Å². The fourth-order valence-electron chi connectivity index (χ4n) is 2.01. The maximum Gasteiger partial charge on any atom is 0.0973 e. The average Bonchev–Trinajstić information content (AvgIpc) is 2.34. The fourth-order valence-corrected chi connectivity index (χ4v) is 2.01. The molecule has 0 aromatic carbocycles. The minimum atomic E-state index is -0.167. The molecule has 0 amide bonds. The van der Waals surface area contributed by atoms with Gasteiger partial charge in [0, 0.05) is 19.2 Å². The van der Waals surface area contributed by atoms with Crippen LogP contribution in [0.5, 0.6) is 0 Å². The van der Waals surface area contributed by atoms with Crippen LogP contribution in [0, 0.1) is 0 Å². The van der Waals surface area contributed by atoms with E-state index in [0.29, 0.717) is 6.54 Å². The lowest BCUT2D eigenvalue weighted by atomic mass is 9.93. The van der Waals surface area contributed by atoms with Crippen molar-refractivity contribution in [2.24, 2.45) is 5.73 Å². The first kappa shape index (κ1) is 11.9. The highest BCUT2D eigenvalue weighted by Gasteiger charge is 2.29. The van der Waals surface area contributed by atoms with Crippen LogP contribution in [-0.2, 0) is 12.0 Å². The van der Waals surface area contributed by atoms with Crippen LogP contribution in [0.1, 0.15) is 18.3 Å². The van der Waals surface area contributed by atoms with E-state index in [0.717, 1.165) is 17.8 Å². The lowest BCUT2D eigenvalue weighted by Crippen LogP contribution is -2.38. The lowest BCUT2D eigenvalue weighted by molar-refractivity contribution is 0.254. The maximum atomic E-state index is 5.57. The fraction of sp³-hybridized carbons (Fsp3) is 0.357. The third-order valence-electron chi connectivity index (χ3n) is 3.30. The number of nitrogens with two attached hydrogens (primary N) is 1. The number of hydrogen-bond acceptors (Lipinski definition) is 3. The van der Waals surface area contributed by atoms with Gasteiger partial charge in [-0.25, -0.2) is 0 Å². The number of allylic oxidation sites excluding steroid dienone is 2. The Balaban J connectivity index is 2.35. The van der Waals surface area contributed by atoms with E-state index in [1.165, 1.54) is 0 Å². The van der Waals surface area contributed by atoms with Crippen LogP contribution in [0.25, 0.3) is 0 Å². The molecule has 0 radical (unpaired) electrons. The van der Waals surface area contributed by atoms with Crippen LogP contribution in [0.3, 0.4) is 0 Å². The number of hydrogen-bond donors (Lipinski definition) is 1. The highest BCUT2D eigenvalue weighted by molar-refractivity contribution is 5.29. The van der Waals surface area contributed by atoms with E-state index in [9.17, 15) is 0 Å². The smallest absolute Gasteiger partial charge is 0.0973 e. The minimum Gasteiger partial charge on any atom is -0.366 e. The van der Waals surface area contributed by atoms with Crippen LogP contribution in [0.15, 0.2) is 42.6 Å². The molecule has 0 saturated carbocycles. The predicted molar refractivity (Wildman–Crippen MR) is 70.4 cm³/mol. The molecule has 2 rings (SSSR count). The second kappa shape index (κ2) is 4.72. The average molecular weight is 229 g/mol. The first-order chi connectivity index (χ1) is 8.16. The molecule has 90 valence electrons. The quantitative estimate of drug-likeness (QED) is 0.859. The number of rotatable bonds is 3. The topological polar surface area (TPSA) is 42.1 Å². The second-order valence-corrected chi connectivity index (χ2v) is 4.51. The predicted octanol–water partition coefficient (Wildman–Crippen LogP) is 1.81. The summed E-state index contributed by atoms with van der Waals surface area (Å²) in [6.45, 7) is 2.81. The zero-order valence-corrected chi connectivity index (χ0v) is 10.4. The van der Waals surface area contributed by atoms with E-state index < -0.39 is 0 Å². The van der Waals surface area contributed by atoms with Crippen molar-refractivity contribution < 1.29 is 0 Å². The molecule has 1 aromatic rings. The summed E-state index contributed by atoms with van der Waals surface area (Å²) in [5, 5.41) is 0. The first-order valence-electron chi connectivity index (χ1n) is 5.92. The molecule has 0 bridgehead atoms. The largest absolute Gasteiger partial charge is 0.366 e. The molecule has 0 fully saturated rings. The Kier molecular flexibility index (Phi) is 3.29. The van der Waals surface area contributed by atoms with Crippen LogP contribution in [0.2, 0.25) is 0 Å². The summed E-state index contributed by atoms with van der Waals surface area (Å²) < 4.78 is 0. The van der Waals surface area contributed by atoms with Crippen molar-refractivity contribution in [3.63, 3.8) is 0 Å². The molecule has 1 aliphatic heterocycles. The summed E-state index contributed by atoms with van der Waals surface area (Å²) >= 11 is 0. The van der Waals surface area contributed by atoms with Gasteiger partial charge in [0.05, 0.1) is 11.2 Å². The molecule has 1 unspecified atom stereocenters. The maximum absolute atomic E-state index is 5.57. The van der Waals surface area contributed by atoms with Crippen LogP contribution < -0.4 is 5.73 Å². The Bertz CT molecular complexity index is 451. The third kappa shape index (κ3) is 2.24. The van der Waals surface area contributed by atoms with Crippen molar-refractivity contribution in [2.75, 3.05) is 13.6 Å². The van der Waals surface area contributed by atoms with Gasteiger partial charge in [0.25, 0.3) is 0 Å². The standard InChI is InChI=1S/C14H19N3/c1-14(9-3-4-11-17(14)2)13-7-5-6-12(16-13)8-10-15/h3-7,9,11H,8,10,15H2,1-2H3. The summed E-state index contributed by atoms with van der Waals surface area (Å²) in [7, 11) is 2.07. The Hall–Kier alpha value is -1.61. The normalized spacial score (nSPS) is 23.1. The van der Waals surface area contributed by atoms with Gasteiger partial charge in [-0.15, -0.1) is 0 Å². The van der Waals surface area contributed by atoms with Gasteiger partial charge in [-0.3, -0.25) is 4.98 Å². The molecular formula is C14H19N3. The Labute approximate surface area is 103 Å². The van der Waals surface area contributed by atoms with Crippen molar-refractivity contribution in [3.8, 4) is 0 Å². The molecule has 0 aliphatic carbocycles. The third-order valence-corrected chi connectivity index (χ3v) is 3.30. The minimum absolute atomic E-state index is 0.167. The molecule has 0 spiro atoms. The first-order valence-corrected chi connectivity index (χ1v) is 5.92. The van der Waals surface area contributed by atoms with Gasteiger partial charge < -0.3 is 10.6 Å². The lowest BCUT2D eigenvalue weighted by Gasteiger charge is -2.37. The van der Waals surface area contributed by atoms with Gasteiger partial charge >= 0.3 is 0 Å². The molecular weight excluding hydrogens is 210 g/mol. The number of pyridine rings is 1. The summed E-state index contributed by atoms with van der Waals surface area (Å²) in [4.78, 5) is 6.87. The summed E-state index contributed by atoms with van der Waals surface area (Å²) in [6, 6.07) is 6.15. The molecule has 1 aliphatic rings. The summed E-state index contributed by atoms with van der Waals surface area (Å²) in [5.74, 6) is 0. The van der Waals surface area contributed by atoms with Gasteiger partial charge in [-0.05, 0) is 37.9 Å². The van der Waals surface area contributed by atoms with E-state index in [4.69, 9.17) is 10.7 Å². The van der Waals surface area contributed by atoms with Gasteiger partial charge in [-0.1, -0.05) is 18.2 Å².